The van der Waals surface area contributed by atoms with Gasteiger partial charge >= 0.3 is 0 Å². The van der Waals surface area contributed by atoms with Crippen LogP contribution in [0.15, 0.2) is 6.33 Å². The summed E-state index contributed by atoms with van der Waals surface area (Å²) >= 11 is 0. The summed E-state index contributed by atoms with van der Waals surface area (Å²) in [6, 6.07) is 0. The van der Waals surface area contributed by atoms with Gasteiger partial charge in [0.1, 0.15) is 18.0 Å². The highest BCUT2D eigenvalue weighted by Crippen LogP contribution is 2.25. The number of nitrogens with zero attached hydrogens (tertiary/aromatic N) is 6. The average molecular weight is 356 g/mol. The molecule has 9 heteroatoms. The van der Waals surface area contributed by atoms with Gasteiger partial charge in [-0.15, -0.1) is 0 Å². The summed E-state index contributed by atoms with van der Waals surface area (Å²) in [4.78, 5) is 30.1. The summed E-state index contributed by atoms with van der Waals surface area (Å²) in [5, 5.41) is 9.85. The van der Waals surface area contributed by atoms with Crippen LogP contribution in [-0.2, 0) is 19.3 Å². The van der Waals surface area contributed by atoms with E-state index in [1.807, 2.05) is 4.90 Å². The topological polar surface area (TPSA) is 103 Å². The molecule has 2 aliphatic heterocycles. The Kier molecular flexibility index (Phi) is 4.79. The van der Waals surface area contributed by atoms with E-state index in [-0.39, 0.29) is 5.91 Å². The fourth-order valence-electron chi connectivity index (χ4n) is 3.57. The number of hydrogen-bond donors (Lipinski definition) is 2. The van der Waals surface area contributed by atoms with Crippen LogP contribution in [0, 0.1) is 0 Å². The predicted octanol–water partition coefficient (Wildman–Crippen LogP) is -0.192. The van der Waals surface area contributed by atoms with E-state index in [4.69, 9.17) is 9.97 Å². The van der Waals surface area contributed by atoms with Crippen LogP contribution in [0.25, 0.3) is 0 Å². The summed E-state index contributed by atoms with van der Waals surface area (Å²) < 4.78 is 0. The minimum absolute atomic E-state index is 0.0953. The molecule has 4 rings (SSSR count). The van der Waals surface area contributed by atoms with Crippen LogP contribution in [-0.4, -0.2) is 75.2 Å². The smallest absolute Gasteiger partial charge is 0.291 e. The predicted molar refractivity (Wildman–Crippen MR) is 96.2 cm³/mol. The van der Waals surface area contributed by atoms with Crippen molar-refractivity contribution in [1.29, 1.82) is 0 Å². The number of nitrogens with one attached hydrogen (secondary N) is 2. The molecule has 138 valence electrons. The van der Waals surface area contributed by atoms with Crippen LogP contribution in [0.5, 0.6) is 0 Å². The zero-order valence-electron chi connectivity index (χ0n) is 15.0. The van der Waals surface area contributed by atoms with Gasteiger partial charge in [0.2, 0.25) is 5.82 Å². The number of carbonyl (C=O) groups is 1. The third-order valence-electron chi connectivity index (χ3n) is 5.01. The molecule has 2 aromatic rings. The van der Waals surface area contributed by atoms with Crippen molar-refractivity contribution in [3.63, 3.8) is 0 Å². The van der Waals surface area contributed by atoms with E-state index >= 15 is 0 Å². The van der Waals surface area contributed by atoms with Gasteiger partial charge in [-0.3, -0.25) is 9.89 Å². The van der Waals surface area contributed by atoms with Gasteiger partial charge in [0.25, 0.3) is 5.91 Å². The van der Waals surface area contributed by atoms with E-state index in [1.54, 1.807) is 0 Å². The lowest BCUT2D eigenvalue weighted by Crippen LogP contribution is -2.49. The summed E-state index contributed by atoms with van der Waals surface area (Å²) in [5.41, 5.74) is 2.44. The van der Waals surface area contributed by atoms with Crippen LogP contribution in [0.2, 0.25) is 0 Å². The minimum Gasteiger partial charge on any atom is -0.353 e. The van der Waals surface area contributed by atoms with E-state index < -0.39 is 0 Å². The molecule has 2 N–H and O–H groups in total. The van der Waals surface area contributed by atoms with Crippen LogP contribution < -0.4 is 10.2 Å². The van der Waals surface area contributed by atoms with E-state index in [9.17, 15) is 4.79 Å². The zero-order valence-corrected chi connectivity index (χ0v) is 15.0. The standard InChI is InChI=1S/C17H24N8O/c1-2-14-21-13-4-6-18-5-3-12(13)16(22-14)24-7-9-25(10-8-24)17(26)15-19-11-20-23-15/h11,18H,2-10H2,1H3,(H,19,20,23). The van der Waals surface area contributed by atoms with E-state index in [0.717, 1.165) is 57.1 Å². The molecule has 9 nitrogen and oxygen atoms in total. The van der Waals surface area contributed by atoms with Gasteiger partial charge in [-0.25, -0.2) is 15.0 Å². The fraction of sp³-hybridized carbons (Fsp3) is 0.588. The molecule has 0 unspecified atom stereocenters. The molecule has 4 heterocycles. The van der Waals surface area contributed by atoms with Crippen molar-refractivity contribution in [1.82, 2.24) is 35.4 Å². The number of aryl methyl sites for hydroxylation is 1. The molecule has 1 amide bonds. The van der Waals surface area contributed by atoms with Crippen molar-refractivity contribution in [2.75, 3.05) is 44.2 Å². The second-order valence-electron chi connectivity index (χ2n) is 6.61. The molecule has 0 aromatic carbocycles. The maximum Gasteiger partial charge on any atom is 0.291 e. The first kappa shape index (κ1) is 16.9. The normalized spacial score (nSPS) is 17.7. The molecule has 0 spiro atoms. The second-order valence-corrected chi connectivity index (χ2v) is 6.61. The molecule has 0 bridgehead atoms. The van der Waals surface area contributed by atoms with Gasteiger partial charge in [0.05, 0.1) is 5.69 Å². The second kappa shape index (κ2) is 7.36. The molecule has 1 saturated heterocycles. The van der Waals surface area contributed by atoms with Crippen LogP contribution in [0.4, 0.5) is 5.82 Å². The number of H-pyrrole nitrogens is 1. The number of aromatic amines is 1. The number of piperazine rings is 1. The Morgan fingerprint density at radius 3 is 2.69 bits per heavy atom. The van der Waals surface area contributed by atoms with Crippen LogP contribution in [0.1, 0.15) is 34.6 Å². The Bertz CT molecular complexity index is 767. The number of amides is 1. The maximum atomic E-state index is 12.4. The first-order chi connectivity index (χ1) is 12.8. The monoisotopic (exact) mass is 356 g/mol. The SMILES string of the molecule is CCc1nc2c(c(N3CCN(C(=O)c4ncn[nH]4)CC3)n1)CCNCC2. The lowest BCUT2D eigenvalue weighted by molar-refractivity contribution is 0.0734. The van der Waals surface area contributed by atoms with Crippen LogP contribution >= 0.6 is 0 Å². The lowest BCUT2D eigenvalue weighted by Gasteiger charge is -2.36. The molecular formula is C17H24N8O. The highest BCUT2D eigenvalue weighted by Gasteiger charge is 2.27. The van der Waals surface area contributed by atoms with Gasteiger partial charge in [-0.05, 0) is 13.0 Å². The maximum absolute atomic E-state index is 12.4. The summed E-state index contributed by atoms with van der Waals surface area (Å²) in [5.74, 6) is 2.17. The lowest BCUT2D eigenvalue weighted by atomic mass is 10.1. The summed E-state index contributed by atoms with van der Waals surface area (Å²) in [6.07, 6.45) is 4.09. The summed E-state index contributed by atoms with van der Waals surface area (Å²) in [7, 11) is 0. The molecule has 0 aliphatic carbocycles. The summed E-state index contributed by atoms with van der Waals surface area (Å²) in [6.45, 7) is 6.84. The van der Waals surface area contributed by atoms with Crippen molar-refractivity contribution in [2.24, 2.45) is 0 Å². The Labute approximate surface area is 152 Å². The number of anilines is 1. The van der Waals surface area contributed by atoms with E-state index in [2.05, 4.69) is 32.3 Å². The van der Waals surface area contributed by atoms with Gasteiger partial charge in [0.15, 0.2) is 0 Å². The molecular weight excluding hydrogens is 332 g/mol. The van der Waals surface area contributed by atoms with Gasteiger partial charge in [-0.1, -0.05) is 6.92 Å². The molecule has 26 heavy (non-hydrogen) atoms. The molecule has 1 fully saturated rings. The Morgan fingerprint density at radius 2 is 1.96 bits per heavy atom. The van der Waals surface area contributed by atoms with E-state index in [0.29, 0.717) is 18.9 Å². The quantitative estimate of drug-likeness (QED) is 0.785. The highest BCUT2D eigenvalue weighted by molar-refractivity contribution is 5.90. The first-order valence-corrected chi connectivity index (χ1v) is 9.25. The zero-order chi connectivity index (χ0) is 17.9. The fourth-order valence-corrected chi connectivity index (χ4v) is 3.57. The third-order valence-corrected chi connectivity index (χ3v) is 5.01. The Hall–Kier alpha value is -2.55. The highest BCUT2D eigenvalue weighted by atomic mass is 16.2. The third kappa shape index (κ3) is 3.26. The van der Waals surface area contributed by atoms with Crippen molar-refractivity contribution in [3.8, 4) is 0 Å². The Morgan fingerprint density at radius 1 is 1.15 bits per heavy atom. The molecule has 2 aromatic heterocycles. The Balaban J connectivity index is 1.53. The number of rotatable bonds is 3. The van der Waals surface area contributed by atoms with Gasteiger partial charge in [-0.2, -0.15) is 5.10 Å². The first-order valence-electron chi connectivity index (χ1n) is 9.25. The van der Waals surface area contributed by atoms with Crippen molar-refractivity contribution >= 4 is 11.7 Å². The minimum atomic E-state index is -0.0953. The molecule has 2 aliphatic rings. The van der Waals surface area contributed by atoms with Crippen molar-refractivity contribution < 1.29 is 4.79 Å². The largest absolute Gasteiger partial charge is 0.353 e. The number of fused-ring (bicyclic) bond motifs is 1. The average Bonchev–Trinajstić information content (AvgIpc) is 3.12. The van der Waals surface area contributed by atoms with Crippen molar-refractivity contribution in [3.05, 3.63) is 29.2 Å². The van der Waals surface area contributed by atoms with Crippen LogP contribution in [0.3, 0.4) is 0 Å². The number of aromatic nitrogens is 5. The van der Waals surface area contributed by atoms with E-state index in [1.165, 1.54) is 17.6 Å². The van der Waals surface area contributed by atoms with Crippen molar-refractivity contribution in [2.45, 2.75) is 26.2 Å². The number of carbonyl (C=O) groups excluding carboxylic acids is 1. The molecule has 0 saturated carbocycles. The number of hydrogen-bond acceptors (Lipinski definition) is 7. The molecule has 0 radical (unpaired) electrons. The molecule has 0 atom stereocenters. The van der Waals surface area contributed by atoms with Gasteiger partial charge < -0.3 is 15.1 Å². The van der Waals surface area contributed by atoms with Gasteiger partial charge in [0, 0.05) is 51.1 Å².